The van der Waals surface area contributed by atoms with Gasteiger partial charge in [-0.2, -0.15) is 0 Å². The van der Waals surface area contributed by atoms with E-state index in [1.165, 1.54) is 30.6 Å². The summed E-state index contributed by atoms with van der Waals surface area (Å²) in [5.41, 5.74) is 1.09. The Morgan fingerprint density at radius 3 is 2.29 bits per heavy atom. The average molecular weight is 588 g/mol. The molecule has 1 unspecified atom stereocenters. The molecule has 1 aromatic heterocycles. The van der Waals surface area contributed by atoms with Gasteiger partial charge in [-0.15, -0.1) is 11.3 Å². The summed E-state index contributed by atoms with van der Waals surface area (Å²) in [6.07, 6.45) is 7.76. The summed E-state index contributed by atoms with van der Waals surface area (Å²) in [7, 11) is 1.56. The summed E-state index contributed by atoms with van der Waals surface area (Å²) in [4.78, 5) is 61.5. The van der Waals surface area contributed by atoms with Gasteiger partial charge in [0, 0.05) is 44.6 Å². The van der Waals surface area contributed by atoms with E-state index in [0.717, 1.165) is 19.3 Å². The molecule has 0 bridgehead atoms. The molecule has 4 fully saturated rings. The minimum atomic E-state index is -0.869. The van der Waals surface area contributed by atoms with Crippen LogP contribution in [0.1, 0.15) is 75.9 Å². The number of nitrogens with zero attached hydrogens (tertiary/aromatic N) is 3. The smallest absolute Gasteiger partial charge is 0.265 e. The SMILES string of the molecule is CNC(=O)[C@@H](NC(=O)[C@@H]1CN(C(=O)c2cncs2)CC12CN(C(=O)[C@H]1CC1(C)C)C2)[C@@H](C)OC(C)C1CCCCC1. The van der Waals surface area contributed by atoms with Crippen molar-refractivity contribution < 1.29 is 23.9 Å². The summed E-state index contributed by atoms with van der Waals surface area (Å²) >= 11 is 1.27. The van der Waals surface area contributed by atoms with Gasteiger partial charge >= 0.3 is 0 Å². The standard InChI is InChI=1S/C30H45N5O5S/c1-18(20-9-7-6-8-10-20)40-19(2)24(26(37)31-5)33-25(36)22-13-34(28(39)23-12-32-17-41-23)14-30(22)15-35(16-30)27(38)21-11-29(21,3)4/h12,17-22,24H,6-11,13-16H2,1-5H3,(H,31,37)(H,33,36)/t18?,19-,21-,22+,24+/m1/s1. The number of hydrogen-bond acceptors (Lipinski definition) is 7. The van der Waals surface area contributed by atoms with E-state index >= 15 is 0 Å². The Bertz CT molecular complexity index is 1140. The zero-order chi connectivity index (χ0) is 29.5. The number of thiazole rings is 1. The lowest BCUT2D eigenvalue weighted by Gasteiger charge is -2.50. The second-order valence-electron chi connectivity index (χ2n) is 13.5. The van der Waals surface area contributed by atoms with Crippen LogP contribution in [0.25, 0.3) is 0 Å². The van der Waals surface area contributed by atoms with Gasteiger partial charge in [0.05, 0.1) is 29.8 Å². The van der Waals surface area contributed by atoms with Crippen LogP contribution in [0.5, 0.6) is 0 Å². The van der Waals surface area contributed by atoms with Crippen molar-refractivity contribution >= 4 is 35.0 Å². The van der Waals surface area contributed by atoms with Crippen LogP contribution in [-0.4, -0.2) is 89.9 Å². The van der Waals surface area contributed by atoms with Crippen molar-refractivity contribution in [3.8, 4) is 0 Å². The molecule has 0 radical (unpaired) electrons. The van der Waals surface area contributed by atoms with E-state index in [0.29, 0.717) is 30.4 Å². The summed E-state index contributed by atoms with van der Waals surface area (Å²) in [6.45, 7) is 9.57. The van der Waals surface area contributed by atoms with Crippen molar-refractivity contribution in [1.82, 2.24) is 25.4 Å². The van der Waals surface area contributed by atoms with E-state index in [4.69, 9.17) is 4.74 Å². The summed E-state index contributed by atoms with van der Waals surface area (Å²) in [5, 5.41) is 5.68. The van der Waals surface area contributed by atoms with Crippen molar-refractivity contribution in [3.05, 3.63) is 16.6 Å². The predicted molar refractivity (Wildman–Crippen MR) is 155 cm³/mol. The molecule has 5 atom stereocenters. The molecule has 2 aliphatic carbocycles. The van der Waals surface area contributed by atoms with Crippen LogP contribution in [0.15, 0.2) is 11.7 Å². The molecule has 4 amide bonds. The van der Waals surface area contributed by atoms with Crippen LogP contribution < -0.4 is 10.6 Å². The summed E-state index contributed by atoms with van der Waals surface area (Å²) in [5.74, 6) is -0.696. The maximum atomic E-state index is 14.0. The molecule has 11 heteroatoms. The van der Waals surface area contributed by atoms with E-state index in [-0.39, 0.29) is 47.6 Å². The maximum absolute atomic E-state index is 14.0. The lowest BCUT2D eigenvalue weighted by atomic mass is 9.70. The van der Waals surface area contributed by atoms with Gasteiger partial charge in [-0.05, 0) is 44.4 Å². The molecule has 3 heterocycles. The number of aromatic nitrogens is 1. The Labute approximate surface area is 247 Å². The highest BCUT2D eigenvalue weighted by atomic mass is 32.1. The third-order valence-electron chi connectivity index (χ3n) is 10.1. The number of hydrogen-bond donors (Lipinski definition) is 2. The fourth-order valence-electron chi connectivity index (χ4n) is 7.20. The Morgan fingerprint density at radius 2 is 1.71 bits per heavy atom. The third-order valence-corrected chi connectivity index (χ3v) is 10.8. The lowest BCUT2D eigenvalue weighted by molar-refractivity contribution is -0.152. The van der Waals surface area contributed by atoms with Gasteiger partial charge in [-0.1, -0.05) is 33.1 Å². The van der Waals surface area contributed by atoms with Crippen molar-refractivity contribution in [1.29, 1.82) is 0 Å². The highest BCUT2D eigenvalue weighted by Gasteiger charge is 2.62. The second kappa shape index (κ2) is 11.6. The van der Waals surface area contributed by atoms with Gasteiger partial charge in [-0.3, -0.25) is 24.2 Å². The Kier molecular flexibility index (Phi) is 8.49. The average Bonchev–Trinajstić information content (AvgIpc) is 3.32. The molecule has 0 aromatic carbocycles. The van der Waals surface area contributed by atoms with Crippen LogP contribution in [-0.2, 0) is 19.1 Å². The molecule has 1 spiro atoms. The van der Waals surface area contributed by atoms with Gasteiger partial charge in [0.15, 0.2) is 0 Å². The molecule has 2 aliphatic heterocycles. The largest absolute Gasteiger partial charge is 0.373 e. The predicted octanol–water partition coefficient (Wildman–Crippen LogP) is 2.69. The number of carbonyl (C=O) groups is 4. The molecule has 4 aliphatic rings. The lowest BCUT2D eigenvalue weighted by Crippen LogP contribution is -2.65. The van der Waals surface area contributed by atoms with Gasteiger partial charge < -0.3 is 25.2 Å². The first kappa shape index (κ1) is 29.9. The third kappa shape index (κ3) is 6.02. The minimum Gasteiger partial charge on any atom is -0.373 e. The van der Waals surface area contributed by atoms with Crippen LogP contribution in [0.3, 0.4) is 0 Å². The zero-order valence-electron chi connectivity index (χ0n) is 25.0. The van der Waals surface area contributed by atoms with Crippen molar-refractivity contribution in [3.63, 3.8) is 0 Å². The summed E-state index contributed by atoms with van der Waals surface area (Å²) in [6, 6.07) is -0.869. The minimum absolute atomic E-state index is 0.0161. The Hall–Kier alpha value is -2.53. The van der Waals surface area contributed by atoms with Crippen molar-refractivity contribution in [2.45, 2.75) is 84.5 Å². The number of nitrogens with one attached hydrogen (secondary N) is 2. The molecule has 1 aromatic rings. The maximum Gasteiger partial charge on any atom is 0.265 e. The molecule has 10 nitrogen and oxygen atoms in total. The zero-order valence-corrected chi connectivity index (χ0v) is 25.8. The molecular weight excluding hydrogens is 542 g/mol. The highest BCUT2D eigenvalue weighted by Crippen LogP contribution is 2.54. The Morgan fingerprint density at radius 1 is 1.05 bits per heavy atom. The number of rotatable bonds is 9. The molecule has 41 heavy (non-hydrogen) atoms. The van der Waals surface area contributed by atoms with E-state index in [2.05, 4.69) is 36.4 Å². The number of carbonyl (C=O) groups excluding carboxylic acids is 4. The summed E-state index contributed by atoms with van der Waals surface area (Å²) < 4.78 is 6.34. The molecule has 2 saturated carbocycles. The van der Waals surface area contributed by atoms with Crippen molar-refractivity contribution in [2.24, 2.45) is 28.6 Å². The van der Waals surface area contributed by atoms with Crippen molar-refractivity contribution in [2.75, 3.05) is 33.2 Å². The van der Waals surface area contributed by atoms with Gasteiger partial charge in [0.1, 0.15) is 10.9 Å². The number of likely N-dealkylation sites (N-methyl/N-ethyl adjacent to an activating group) is 1. The fraction of sp³-hybridized carbons (Fsp3) is 0.767. The fourth-order valence-corrected chi connectivity index (χ4v) is 7.79. The highest BCUT2D eigenvalue weighted by molar-refractivity contribution is 7.11. The van der Waals surface area contributed by atoms with E-state index in [9.17, 15) is 19.2 Å². The number of ether oxygens (including phenoxy) is 1. The molecule has 2 saturated heterocycles. The number of amides is 4. The first-order chi connectivity index (χ1) is 19.5. The van der Waals surface area contributed by atoms with E-state index in [1.807, 2.05) is 11.8 Å². The first-order valence-corrected chi connectivity index (χ1v) is 16.0. The monoisotopic (exact) mass is 587 g/mol. The second-order valence-corrected chi connectivity index (χ2v) is 14.3. The van der Waals surface area contributed by atoms with Crippen LogP contribution >= 0.6 is 11.3 Å². The quantitative estimate of drug-likeness (QED) is 0.458. The van der Waals surface area contributed by atoms with Crippen LogP contribution in [0, 0.1) is 28.6 Å². The van der Waals surface area contributed by atoms with Gasteiger partial charge in [-0.25, -0.2) is 0 Å². The van der Waals surface area contributed by atoms with Crippen LogP contribution in [0.2, 0.25) is 0 Å². The van der Waals surface area contributed by atoms with Crippen LogP contribution in [0.4, 0.5) is 0 Å². The van der Waals surface area contributed by atoms with E-state index < -0.39 is 23.5 Å². The molecule has 226 valence electrons. The molecule has 5 rings (SSSR count). The first-order valence-electron chi connectivity index (χ1n) is 15.1. The van der Waals surface area contributed by atoms with Gasteiger partial charge in [0.25, 0.3) is 5.91 Å². The van der Waals surface area contributed by atoms with E-state index in [1.54, 1.807) is 23.7 Å². The molecule has 2 N–H and O–H groups in total. The number of likely N-dealkylation sites (tertiary alicyclic amines) is 2. The Balaban J connectivity index is 1.30. The normalized spacial score (nSPS) is 27.0. The topological polar surface area (TPSA) is 121 Å². The van der Waals surface area contributed by atoms with Gasteiger partial charge in [0.2, 0.25) is 17.7 Å². The molecular formula is C30H45N5O5S.